The Morgan fingerprint density at radius 2 is 2.33 bits per heavy atom. The fraction of sp³-hybridized carbons (Fsp3) is 0.800. The van der Waals surface area contributed by atoms with Gasteiger partial charge in [0, 0.05) is 0 Å². The molecule has 86 valence electrons. The van der Waals surface area contributed by atoms with E-state index in [2.05, 4.69) is 10.6 Å². The van der Waals surface area contributed by atoms with Gasteiger partial charge in [-0.05, 0) is 25.8 Å². The van der Waals surface area contributed by atoms with E-state index in [1.54, 1.807) is 0 Å². The molecule has 1 rings (SSSR count). The lowest BCUT2D eigenvalue weighted by molar-refractivity contribution is -0.128. The van der Waals surface area contributed by atoms with Gasteiger partial charge in [-0.1, -0.05) is 13.3 Å². The van der Waals surface area contributed by atoms with Crippen LogP contribution >= 0.6 is 0 Å². The molecule has 1 saturated heterocycles. The SMILES string of the molecule is CCCC(NC(=O)C1CCCN1)C(N)=O. The summed E-state index contributed by atoms with van der Waals surface area (Å²) in [4.78, 5) is 22.7. The first-order chi connectivity index (χ1) is 7.15. The number of rotatable bonds is 5. The maximum Gasteiger partial charge on any atom is 0.240 e. The van der Waals surface area contributed by atoms with Crippen LogP contribution in [-0.4, -0.2) is 30.4 Å². The van der Waals surface area contributed by atoms with Gasteiger partial charge in [0.05, 0.1) is 6.04 Å². The van der Waals surface area contributed by atoms with Crippen LogP contribution in [0.5, 0.6) is 0 Å². The molecule has 1 aliphatic heterocycles. The van der Waals surface area contributed by atoms with E-state index in [4.69, 9.17) is 5.73 Å². The summed E-state index contributed by atoms with van der Waals surface area (Å²) in [7, 11) is 0. The highest BCUT2D eigenvalue weighted by atomic mass is 16.2. The van der Waals surface area contributed by atoms with Crippen LogP contribution in [0.15, 0.2) is 0 Å². The Bertz CT molecular complexity index is 237. The molecule has 5 nitrogen and oxygen atoms in total. The molecule has 0 spiro atoms. The predicted octanol–water partition coefficient (Wildman–Crippen LogP) is -0.491. The topological polar surface area (TPSA) is 84.2 Å². The lowest BCUT2D eigenvalue weighted by Gasteiger charge is -2.17. The Balaban J connectivity index is 2.42. The molecule has 0 aliphatic carbocycles. The lowest BCUT2D eigenvalue weighted by atomic mass is 10.1. The molecule has 2 unspecified atom stereocenters. The van der Waals surface area contributed by atoms with Gasteiger partial charge in [-0.2, -0.15) is 0 Å². The average Bonchev–Trinajstić information content (AvgIpc) is 2.69. The Morgan fingerprint density at radius 3 is 2.80 bits per heavy atom. The van der Waals surface area contributed by atoms with Gasteiger partial charge in [0.25, 0.3) is 0 Å². The highest BCUT2D eigenvalue weighted by molar-refractivity contribution is 5.89. The quantitative estimate of drug-likeness (QED) is 0.576. The van der Waals surface area contributed by atoms with Gasteiger partial charge in [-0.25, -0.2) is 0 Å². The van der Waals surface area contributed by atoms with E-state index in [9.17, 15) is 9.59 Å². The standard InChI is InChI=1S/C10H19N3O2/c1-2-4-7(9(11)14)13-10(15)8-5-3-6-12-8/h7-8,12H,2-6H2,1H3,(H2,11,14)(H,13,15). The molecule has 4 N–H and O–H groups in total. The van der Waals surface area contributed by atoms with Crippen molar-refractivity contribution in [3.63, 3.8) is 0 Å². The third kappa shape index (κ3) is 3.51. The molecule has 0 aromatic heterocycles. The predicted molar refractivity (Wildman–Crippen MR) is 57.1 cm³/mol. The maximum atomic E-state index is 11.7. The third-order valence-corrected chi connectivity index (χ3v) is 2.61. The van der Waals surface area contributed by atoms with Crippen molar-refractivity contribution in [2.75, 3.05) is 6.54 Å². The zero-order valence-electron chi connectivity index (χ0n) is 9.08. The van der Waals surface area contributed by atoms with E-state index in [0.29, 0.717) is 6.42 Å². The van der Waals surface area contributed by atoms with Crippen molar-refractivity contribution in [1.82, 2.24) is 10.6 Å². The van der Waals surface area contributed by atoms with Crippen molar-refractivity contribution in [1.29, 1.82) is 0 Å². The summed E-state index contributed by atoms with van der Waals surface area (Å²) in [5.74, 6) is -0.562. The first kappa shape index (κ1) is 12.0. The average molecular weight is 213 g/mol. The molecule has 0 saturated carbocycles. The van der Waals surface area contributed by atoms with Gasteiger partial charge in [-0.15, -0.1) is 0 Å². The van der Waals surface area contributed by atoms with Crippen LogP contribution < -0.4 is 16.4 Å². The fourth-order valence-corrected chi connectivity index (χ4v) is 1.75. The highest BCUT2D eigenvalue weighted by Gasteiger charge is 2.25. The Kier molecular flexibility index (Phi) is 4.55. The summed E-state index contributed by atoms with van der Waals surface area (Å²) >= 11 is 0. The Hall–Kier alpha value is -1.10. The summed E-state index contributed by atoms with van der Waals surface area (Å²) in [6.07, 6.45) is 3.27. The summed E-state index contributed by atoms with van der Waals surface area (Å²) in [5, 5.41) is 5.76. The van der Waals surface area contributed by atoms with Crippen LogP contribution in [0, 0.1) is 0 Å². The van der Waals surface area contributed by atoms with E-state index in [1.807, 2.05) is 6.92 Å². The minimum Gasteiger partial charge on any atom is -0.368 e. The molecule has 2 atom stereocenters. The van der Waals surface area contributed by atoms with Crippen LogP contribution in [0.25, 0.3) is 0 Å². The number of primary amides is 1. The van der Waals surface area contributed by atoms with E-state index >= 15 is 0 Å². The van der Waals surface area contributed by atoms with E-state index in [-0.39, 0.29) is 11.9 Å². The second-order valence-corrected chi connectivity index (χ2v) is 3.90. The molecule has 1 heterocycles. The molecule has 0 aromatic carbocycles. The molecule has 0 radical (unpaired) electrons. The zero-order valence-corrected chi connectivity index (χ0v) is 9.08. The van der Waals surface area contributed by atoms with Gasteiger partial charge in [0.1, 0.15) is 6.04 Å². The Labute approximate surface area is 89.8 Å². The van der Waals surface area contributed by atoms with Crippen molar-refractivity contribution >= 4 is 11.8 Å². The molecule has 15 heavy (non-hydrogen) atoms. The van der Waals surface area contributed by atoms with Gasteiger partial charge in [0.15, 0.2) is 0 Å². The molecular weight excluding hydrogens is 194 g/mol. The monoisotopic (exact) mass is 213 g/mol. The highest BCUT2D eigenvalue weighted by Crippen LogP contribution is 2.05. The number of hydrogen-bond donors (Lipinski definition) is 3. The number of nitrogens with two attached hydrogens (primary N) is 1. The summed E-state index contributed by atoms with van der Waals surface area (Å²) in [6, 6.07) is -0.673. The normalized spacial score (nSPS) is 22.3. The molecule has 0 aromatic rings. The van der Waals surface area contributed by atoms with Crippen molar-refractivity contribution < 1.29 is 9.59 Å². The van der Waals surface area contributed by atoms with E-state index in [0.717, 1.165) is 25.8 Å². The number of nitrogens with one attached hydrogen (secondary N) is 2. The summed E-state index contributed by atoms with van der Waals surface area (Å²) in [6.45, 7) is 2.82. The molecule has 5 heteroatoms. The van der Waals surface area contributed by atoms with Gasteiger partial charge >= 0.3 is 0 Å². The number of amides is 2. The molecule has 0 bridgehead atoms. The van der Waals surface area contributed by atoms with Crippen molar-refractivity contribution in [2.24, 2.45) is 5.73 Å². The smallest absolute Gasteiger partial charge is 0.240 e. The van der Waals surface area contributed by atoms with Crippen LogP contribution in [0.1, 0.15) is 32.6 Å². The van der Waals surface area contributed by atoms with Crippen molar-refractivity contribution in [2.45, 2.75) is 44.7 Å². The van der Waals surface area contributed by atoms with Gasteiger partial charge < -0.3 is 16.4 Å². The molecule has 1 aliphatic rings. The molecular formula is C10H19N3O2. The molecule has 1 fully saturated rings. The van der Waals surface area contributed by atoms with Crippen molar-refractivity contribution in [3.05, 3.63) is 0 Å². The number of carbonyl (C=O) groups is 2. The number of carbonyl (C=O) groups excluding carboxylic acids is 2. The Morgan fingerprint density at radius 1 is 1.60 bits per heavy atom. The van der Waals surface area contributed by atoms with Gasteiger partial charge in [-0.3, -0.25) is 9.59 Å². The summed E-state index contributed by atoms with van der Waals surface area (Å²) in [5.41, 5.74) is 5.20. The van der Waals surface area contributed by atoms with E-state index < -0.39 is 11.9 Å². The van der Waals surface area contributed by atoms with Crippen LogP contribution in [0.3, 0.4) is 0 Å². The first-order valence-electron chi connectivity index (χ1n) is 5.48. The van der Waals surface area contributed by atoms with Crippen LogP contribution in [0.2, 0.25) is 0 Å². The largest absolute Gasteiger partial charge is 0.368 e. The van der Waals surface area contributed by atoms with Crippen LogP contribution in [-0.2, 0) is 9.59 Å². The summed E-state index contributed by atoms with van der Waals surface area (Å²) < 4.78 is 0. The van der Waals surface area contributed by atoms with Crippen molar-refractivity contribution in [3.8, 4) is 0 Å². The van der Waals surface area contributed by atoms with Crippen LogP contribution in [0.4, 0.5) is 0 Å². The first-order valence-corrected chi connectivity index (χ1v) is 5.48. The van der Waals surface area contributed by atoms with Gasteiger partial charge in [0.2, 0.25) is 11.8 Å². The minimum atomic E-state index is -0.523. The minimum absolute atomic E-state index is 0.107. The fourth-order valence-electron chi connectivity index (χ4n) is 1.75. The second-order valence-electron chi connectivity index (χ2n) is 3.90. The zero-order chi connectivity index (χ0) is 11.3. The third-order valence-electron chi connectivity index (χ3n) is 2.61. The number of hydrogen-bond acceptors (Lipinski definition) is 3. The molecule has 2 amide bonds. The second kappa shape index (κ2) is 5.70. The lowest BCUT2D eigenvalue weighted by Crippen LogP contribution is -2.50. The maximum absolute atomic E-state index is 11.7. The van der Waals surface area contributed by atoms with E-state index in [1.165, 1.54) is 0 Å².